The second kappa shape index (κ2) is 23.1. The van der Waals surface area contributed by atoms with Crippen molar-refractivity contribution in [3.05, 3.63) is 11.9 Å². The highest BCUT2D eigenvalue weighted by molar-refractivity contribution is 5.85. The molecule has 1 amide bonds. The molecule has 2 aromatic rings. The van der Waals surface area contributed by atoms with Crippen LogP contribution in [0.2, 0.25) is 0 Å². The van der Waals surface area contributed by atoms with Crippen LogP contribution in [0.15, 0.2) is 6.20 Å². The number of rotatable bonds is 22. The van der Waals surface area contributed by atoms with E-state index in [4.69, 9.17) is 46.1 Å². The number of carbonyl (C=O) groups excluding carboxylic acids is 1. The number of ether oxygens (including phenoxy) is 4. The molecule has 1 atom stereocenters. The lowest BCUT2D eigenvalue weighted by molar-refractivity contribution is -0.135. The predicted molar refractivity (Wildman–Crippen MR) is 189 cm³/mol. The summed E-state index contributed by atoms with van der Waals surface area (Å²) in [6.07, 6.45) is 12.5. The molecule has 0 radical (unpaired) electrons. The summed E-state index contributed by atoms with van der Waals surface area (Å²) >= 11 is 0. The number of halogens is 1. The molecule has 4 rings (SSSR count). The predicted octanol–water partition coefficient (Wildman–Crippen LogP) is 1.18. The molecule has 3 N–H and O–H groups in total. The number of piperazine rings is 1. The Morgan fingerprint density at radius 3 is 2.31 bits per heavy atom. The first-order valence-electron chi connectivity index (χ1n) is 17.3. The first kappa shape index (κ1) is 40.1. The SMILES string of the molecule is C#CCOCCOCCOCCNc1nc(N2CCOCC2)nc(N2CCN(C(=O)[C@H](CCCCN)n3cc(CCCC)nn3)CC2)n1.Cl. The summed E-state index contributed by atoms with van der Waals surface area (Å²) in [7, 11) is 0. The average Bonchev–Trinajstić information content (AvgIpc) is 3.60. The number of anilines is 3. The van der Waals surface area contributed by atoms with Crippen molar-refractivity contribution in [1.29, 1.82) is 0 Å². The van der Waals surface area contributed by atoms with E-state index in [0.717, 1.165) is 37.8 Å². The van der Waals surface area contributed by atoms with Crippen LogP contribution in [0, 0.1) is 12.3 Å². The molecule has 0 spiro atoms. The molecule has 0 saturated carbocycles. The molecule has 2 aliphatic heterocycles. The van der Waals surface area contributed by atoms with E-state index in [0.29, 0.717) is 123 Å². The van der Waals surface area contributed by atoms with Gasteiger partial charge in [-0.15, -0.1) is 23.9 Å². The number of nitrogens with one attached hydrogen (secondary N) is 1. The third kappa shape index (κ3) is 13.5. The summed E-state index contributed by atoms with van der Waals surface area (Å²) in [4.78, 5) is 34.3. The maximum atomic E-state index is 13.8. The van der Waals surface area contributed by atoms with Crippen LogP contribution in [0.25, 0.3) is 0 Å². The van der Waals surface area contributed by atoms with E-state index in [2.05, 4.69) is 38.3 Å². The lowest BCUT2D eigenvalue weighted by Crippen LogP contribution is -2.51. The minimum Gasteiger partial charge on any atom is -0.378 e. The van der Waals surface area contributed by atoms with Crippen LogP contribution >= 0.6 is 12.4 Å². The Kier molecular flexibility index (Phi) is 18.9. The number of aryl methyl sites for hydroxylation is 1. The van der Waals surface area contributed by atoms with E-state index in [1.165, 1.54) is 0 Å². The van der Waals surface area contributed by atoms with E-state index in [1.54, 1.807) is 4.68 Å². The summed E-state index contributed by atoms with van der Waals surface area (Å²) in [6.45, 7) is 10.8. The number of morpholine rings is 1. The molecule has 0 aromatic carbocycles. The van der Waals surface area contributed by atoms with Gasteiger partial charge in [-0.3, -0.25) is 4.79 Å². The number of aromatic nitrogens is 6. The van der Waals surface area contributed by atoms with E-state index in [-0.39, 0.29) is 24.9 Å². The average molecular weight is 708 g/mol. The van der Waals surface area contributed by atoms with E-state index >= 15 is 0 Å². The van der Waals surface area contributed by atoms with Crippen molar-refractivity contribution in [2.45, 2.75) is 51.5 Å². The lowest BCUT2D eigenvalue weighted by Gasteiger charge is -2.36. The van der Waals surface area contributed by atoms with Crippen molar-refractivity contribution < 1.29 is 23.7 Å². The normalized spacial score (nSPS) is 15.5. The van der Waals surface area contributed by atoms with Crippen molar-refractivity contribution in [3.63, 3.8) is 0 Å². The standard InChI is InChI=1S/C32H53N11O5.ClH/c1-3-5-8-27-26-43(39-38-27)28(9-6-7-10-33)29(44)40-12-14-41(15-13-40)31-35-30(36-32(37-31)42-16-20-47-21-17-42)34-11-19-46-23-25-48-24-22-45-18-4-2;/h2,26,28H,3,5-25,33H2,1H3,(H,34,35,36,37);1H/t28-;/m0./s1. The molecule has 0 aliphatic carbocycles. The first-order valence-corrected chi connectivity index (χ1v) is 17.3. The van der Waals surface area contributed by atoms with Gasteiger partial charge in [-0.1, -0.05) is 24.5 Å². The molecular weight excluding hydrogens is 654 g/mol. The number of carbonyl (C=O) groups is 1. The van der Waals surface area contributed by atoms with E-state index in [1.807, 2.05) is 11.1 Å². The third-order valence-corrected chi connectivity index (χ3v) is 8.12. The highest BCUT2D eigenvalue weighted by Crippen LogP contribution is 2.22. The quantitative estimate of drug-likeness (QED) is 0.132. The van der Waals surface area contributed by atoms with E-state index in [9.17, 15) is 4.79 Å². The maximum Gasteiger partial charge on any atom is 0.247 e. The molecule has 2 saturated heterocycles. The summed E-state index contributed by atoms with van der Waals surface area (Å²) in [5.41, 5.74) is 6.68. The molecule has 0 unspecified atom stereocenters. The van der Waals surface area contributed by atoms with Crippen LogP contribution in [0.3, 0.4) is 0 Å². The number of terminal acetylenes is 1. The Morgan fingerprint density at radius 2 is 1.63 bits per heavy atom. The minimum absolute atomic E-state index is 0. The zero-order valence-electron chi connectivity index (χ0n) is 28.8. The smallest absolute Gasteiger partial charge is 0.247 e. The molecule has 49 heavy (non-hydrogen) atoms. The van der Waals surface area contributed by atoms with Gasteiger partial charge in [0.2, 0.25) is 23.8 Å². The van der Waals surface area contributed by atoms with Gasteiger partial charge in [-0.2, -0.15) is 15.0 Å². The fourth-order valence-electron chi connectivity index (χ4n) is 5.41. The Bertz CT molecular complexity index is 1250. The van der Waals surface area contributed by atoms with Gasteiger partial charge in [0.25, 0.3) is 0 Å². The molecule has 0 bridgehead atoms. The van der Waals surface area contributed by atoms with Gasteiger partial charge in [0, 0.05) is 52.0 Å². The Morgan fingerprint density at radius 1 is 0.959 bits per heavy atom. The number of amides is 1. The topological polar surface area (TPSA) is 171 Å². The molecule has 16 nitrogen and oxygen atoms in total. The van der Waals surface area contributed by atoms with Crippen LogP contribution in [0.4, 0.5) is 17.8 Å². The number of hydrogen-bond acceptors (Lipinski definition) is 14. The van der Waals surface area contributed by atoms with Gasteiger partial charge in [0.1, 0.15) is 12.6 Å². The van der Waals surface area contributed by atoms with Crippen LogP contribution < -0.4 is 20.9 Å². The van der Waals surface area contributed by atoms with Crippen molar-refractivity contribution in [3.8, 4) is 12.3 Å². The number of nitrogens with zero attached hydrogens (tertiary/aromatic N) is 9. The van der Waals surface area contributed by atoms with Crippen molar-refractivity contribution in [2.24, 2.45) is 5.73 Å². The van der Waals surface area contributed by atoms with Crippen LogP contribution in [0.1, 0.15) is 50.8 Å². The molecular formula is C32H54ClN11O5. The summed E-state index contributed by atoms with van der Waals surface area (Å²) in [5, 5.41) is 12.0. The molecule has 17 heteroatoms. The Balaban J connectivity index is 0.00000650. The fraction of sp³-hybridized carbons (Fsp3) is 0.750. The highest BCUT2D eigenvalue weighted by atomic mass is 35.5. The fourth-order valence-corrected chi connectivity index (χ4v) is 5.41. The third-order valence-electron chi connectivity index (χ3n) is 8.12. The van der Waals surface area contributed by atoms with Crippen molar-refractivity contribution in [2.75, 3.05) is 120 Å². The molecule has 2 aliphatic rings. The zero-order chi connectivity index (χ0) is 33.8. The van der Waals surface area contributed by atoms with Gasteiger partial charge in [0.05, 0.1) is 51.9 Å². The Labute approximate surface area is 296 Å². The monoisotopic (exact) mass is 707 g/mol. The van der Waals surface area contributed by atoms with Crippen molar-refractivity contribution in [1.82, 2.24) is 34.8 Å². The van der Waals surface area contributed by atoms with Crippen molar-refractivity contribution >= 4 is 36.2 Å². The van der Waals surface area contributed by atoms with Gasteiger partial charge < -0.3 is 44.7 Å². The second-order valence-electron chi connectivity index (χ2n) is 11.7. The number of nitrogens with two attached hydrogens (primary N) is 1. The lowest BCUT2D eigenvalue weighted by atomic mass is 10.1. The minimum atomic E-state index is -0.395. The second-order valence-corrected chi connectivity index (χ2v) is 11.7. The molecule has 274 valence electrons. The van der Waals surface area contributed by atoms with Gasteiger partial charge in [-0.25, -0.2) is 4.68 Å². The number of unbranched alkanes of at least 4 members (excludes halogenated alkanes) is 2. The highest BCUT2D eigenvalue weighted by Gasteiger charge is 2.30. The van der Waals surface area contributed by atoms with Gasteiger partial charge >= 0.3 is 0 Å². The number of hydrogen-bond donors (Lipinski definition) is 2. The van der Waals surface area contributed by atoms with Gasteiger partial charge in [-0.05, 0) is 38.6 Å². The summed E-state index contributed by atoms with van der Waals surface area (Å²) in [6, 6.07) is -0.395. The summed E-state index contributed by atoms with van der Waals surface area (Å²) < 4.78 is 23.6. The largest absolute Gasteiger partial charge is 0.378 e. The summed E-state index contributed by atoms with van der Waals surface area (Å²) in [5.74, 6) is 4.16. The zero-order valence-corrected chi connectivity index (χ0v) is 29.7. The maximum absolute atomic E-state index is 13.8. The Hall–Kier alpha value is -3.33. The van der Waals surface area contributed by atoms with Crippen LogP contribution in [0.5, 0.6) is 0 Å². The van der Waals surface area contributed by atoms with Gasteiger partial charge in [0.15, 0.2) is 0 Å². The molecule has 2 fully saturated rings. The molecule has 2 aromatic heterocycles. The van der Waals surface area contributed by atoms with E-state index < -0.39 is 6.04 Å². The van der Waals surface area contributed by atoms with Crippen LogP contribution in [-0.2, 0) is 30.2 Å². The molecule has 4 heterocycles. The van der Waals surface area contributed by atoms with Crippen LogP contribution in [-0.4, -0.2) is 146 Å². The first-order chi connectivity index (χ1) is 23.6.